The number of halogens is 2. The molecule has 1 aromatic heterocycles. The summed E-state index contributed by atoms with van der Waals surface area (Å²) in [4.78, 5) is 12.3. The summed E-state index contributed by atoms with van der Waals surface area (Å²) >= 11 is 13.1. The number of nitrogens with one attached hydrogen (secondary N) is 1. The van der Waals surface area contributed by atoms with E-state index in [-0.39, 0.29) is 5.91 Å². The zero-order chi connectivity index (χ0) is 17.8. The van der Waals surface area contributed by atoms with Gasteiger partial charge in [0.25, 0.3) is 5.22 Å². The van der Waals surface area contributed by atoms with Crippen molar-refractivity contribution in [1.82, 2.24) is 10.2 Å². The summed E-state index contributed by atoms with van der Waals surface area (Å²) in [6.07, 6.45) is 0. The molecule has 1 heterocycles. The highest BCUT2D eigenvalue weighted by molar-refractivity contribution is 8.00. The second-order valence-electron chi connectivity index (χ2n) is 5.11. The minimum atomic E-state index is -0.448. The summed E-state index contributed by atoms with van der Waals surface area (Å²) in [7, 11) is 0. The van der Waals surface area contributed by atoms with Gasteiger partial charge in [-0.1, -0.05) is 53.2 Å². The Kier molecular flexibility index (Phi) is 5.63. The largest absolute Gasteiger partial charge is 0.411 e. The van der Waals surface area contributed by atoms with Crippen LogP contribution < -0.4 is 5.32 Å². The van der Waals surface area contributed by atoms with Crippen molar-refractivity contribution in [2.75, 3.05) is 5.32 Å². The number of hydrogen-bond donors (Lipinski definition) is 1. The Balaban J connectivity index is 1.65. The smallest absolute Gasteiger partial charge is 0.277 e. The molecule has 2 aromatic carbocycles. The van der Waals surface area contributed by atoms with Gasteiger partial charge in [-0.25, -0.2) is 0 Å². The summed E-state index contributed by atoms with van der Waals surface area (Å²) in [6, 6.07) is 14.3. The van der Waals surface area contributed by atoms with E-state index < -0.39 is 5.25 Å². The van der Waals surface area contributed by atoms with Gasteiger partial charge in [-0.3, -0.25) is 4.79 Å². The van der Waals surface area contributed by atoms with E-state index in [1.807, 2.05) is 30.3 Å². The van der Waals surface area contributed by atoms with E-state index in [1.165, 1.54) is 11.8 Å². The minimum absolute atomic E-state index is 0.228. The molecule has 128 valence electrons. The van der Waals surface area contributed by atoms with Crippen LogP contribution >= 0.6 is 35.0 Å². The van der Waals surface area contributed by atoms with Crippen molar-refractivity contribution >= 4 is 46.6 Å². The van der Waals surface area contributed by atoms with Crippen LogP contribution in [-0.4, -0.2) is 21.4 Å². The quantitative estimate of drug-likeness (QED) is 0.606. The average molecular weight is 394 g/mol. The first kappa shape index (κ1) is 17.8. The predicted molar refractivity (Wildman–Crippen MR) is 100 cm³/mol. The number of rotatable bonds is 5. The Morgan fingerprint density at radius 3 is 2.64 bits per heavy atom. The lowest BCUT2D eigenvalue weighted by Crippen LogP contribution is -2.22. The number of carbonyl (C=O) groups is 1. The van der Waals surface area contributed by atoms with Gasteiger partial charge in [0.15, 0.2) is 0 Å². The van der Waals surface area contributed by atoms with E-state index in [1.54, 1.807) is 25.1 Å². The zero-order valence-electron chi connectivity index (χ0n) is 13.1. The maximum Gasteiger partial charge on any atom is 0.277 e. The summed E-state index contributed by atoms with van der Waals surface area (Å²) in [5.74, 6) is 0.185. The Morgan fingerprint density at radius 2 is 1.92 bits per heavy atom. The fourth-order valence-electron chi connectivity index (χ4n) is 1.98. The van der Waals surface area contributed by atoms with Crippen LogP contribution in [0.25, 0.3) is 11.5 Å². The number of amides is 1. The topological polar surface area (TPSA) is 68.0 Å². The van der Waals surface area contributed by atoms with Crippen LogP contribution in [0.5, 0.6) is 0 Å². The highest BCUT2D eigenvalue weighted by Crippen LogP contribution is 2.29. The fraction of sp³-hybridized carbons (Fsp3) is 0.118. The van der Waals surface area contributed by atoms with E-state index in [2.05, 4.69) is 15.5 Å². The first-order chi connectivity index (χ1) is 12.0. The van der Waals surface area contributed by atoms with Crippen molar-refractivity contribution in [3.05, 3.63) is 58.6 Å². The third kappa shape index (κ3) is 4.54. The van der Waals surface area contributed by atoms with Crippen molar-refractivity contribution in [2.24, 2.45) is 0 Å². The summed E-state index contributed by atoms with van der Waals surface area (Å²) < 4.78 is 5.60. The molecule has 1 N–H and O–H groups in total. The van der Waals surface area contributed by atoms with Crippen molar-refractivity contribution in [1.29, 1.82) is 0 Å². The van der Waals surface area contributed by atoms with Gasteiger partial charge in [0.1, 0.15) is 0 Å². The molecule has 5 nitrogen and oxygen atoms in total. The van der Waals surface area contributed by atoms with Crippen molar-refractivity contribution < 1.29 is 9.21 Å². The van der Waals surface area contributed by atoms with Gasteiger partial charge < -0.3 is 9.73 Å². The first-order valence-electron chi connectivity index (χ1n) is 7.34. The molecule has 8 heteroatoms. The molecule has 1 atom stereocenters. The molecular weight excluding hydrogens is 381 g/mol. The Morgan fingerprint density at radius 1 is 1.16 bits per heavy atom. The summed E-state index contributed by atoms with van der Waals surface area (Å²) in [6.45, 7) is 1.75. The number of carbonyl (C=O) groups excluding carboxylic acids is 1. The molecule has 3 aromatic rings. The van der Waals surface area contributed by atoms with E-state index in [4.69, 9.17) is 27.6 Å². The molecule has 0 fully saturated rings. The molecule has 1 amide bonds. The van der Waals surface area contributed by atoms with Crippen LogP contribution in [0.4, 0.5) is 5.69 Å². The second-order valence-corrected chi connectivity index (χ2v) is 7.25. The van der Waals surface area contributed by atoms with Crippen molar-refractivity contribution in [3.8, 4) is 11.5 Å². The standard InChI is InChI=1S/C17H13Cl2N3O2S/c1-10(15(23)20-14-8-7-12(18)9-13(14)19)25-17-22-21-16(24-17)11-5-3-2-4-6-11/h2-10H,1H3,(H,20,23). The van der Waals surface area contributed by atoms with Gasteiger partial charge in [-0.2, -0.15) is 0 Å². The predicted octanol–water partition coefficient (Wildman–Crippen LogP) is 5.16. The third-order valence-corrected chi connectivity index (χ3v) is 4.75. The lowest BCUT2D eigenvalue weighted by atomic mass is 10.2. The maximum atomic E-state index is 12.3. The summed E-state index contributed by atoms with van der Waals surface area (Å²) in [5.41, 5.74) is 1.32. The minimum Gasteiger partial charge on any atom is -0.411 e. The molecule has 25 heavy (non-hydrogen) atoms. The molecule has 0 aliphatic rings. The lowest BCUT2D eigenvalue weighted by Gasteiger charge is -2.11. The van der Waals surface area contributed by atoms with E-state index in [0.717, 1.165) is 5.56 Å². The summed E-state index contributed by atoms with van der Waals surface area (Å²) in [5, 5.41) is 11.5. The van der Waals surface area contributed by atoms with E-state index in [9.17, 15) is 4.79 Å². The molecule has 3 rings (SSSR count). The first-order valence-corrected chi connectivity index (χ1v) is 8.98. The molecule has 1 unspecified atom stereocenters. The van der Waals surface area contributed by atoms with E-state index >= 15 is 0 Å². The van der Waals surface area contributed by atoms with Crippen molar-refractivity contribution in [2.45, 2.75) is 17.4 Å². The number of nitrogens with zero attached hydrogens (tertiary/aromatic N) is 2. The zero-order valence-corrected chi connectivity index (χ0v) is 15.4. The van der Waals surface area contributed by atoms with Crippen LogP contribution in [0, 0.1) is 0 Å². The number of anilines is 1. The van der Waals surface area contributed by atoms with Crippen molar-refractivity contribution in [3.63, 3.8) is 0 Å². The van der Waals surface area contributed by atoms with Gasteiger partial charge in [0.05, 0.1) is 16.0 Å². The van der Waals surface area contributed by atoms with Crippen LogP contribution in [0.2, 0.25) is 10.0 Å². The molecule has 0 aliphatic carbocycles. The van der Waals surface area contributed by atoms with Crippen LogP contribution in [-0.2, 0) is 4.79 Å². The van der Waals surface area contributed by atoms with Crippen LogP contribution in [0.15, 0.2) is 58.2 Å². The monoisotopic (exact) mass is 393 g/mol. The number of thioether (sulfide) groups is 1. The van der Waals surface area contributed by atoms with E-state index in [0.29, 0.717) is 26.8 Å². The second kappa shape index (κ2) is 7.91. The van der Waals surface area contributed by atoms with Gasteiger partial charge in [-0.05, 0) is 37.3 Å². The Labute approximate surface area is 158 Å². The Hall–Kier alpha value is -2.02. The fourth-order valence-corrected chi connectivity index (χ4v) is 3.12. The molecule has 0 radical (unpaired) electrons. The van der Waals surface area contributed by atoms with Gasteiger partial charge in [0, 0.05) is 10.6 Å². The Bertz CT molecular complexity index is 887. The molecule has 0 bridgehead atoms. The van der Waals surface area contributed by atoms with Crippen LogP contribution in [0.3, 0.4) is 0 Å². The molecule has 0 saturated heterocycles. The molecule has 0 spiro atoms. The number of aromatic nitrogens is 2. The lowest BCUT2D eigenvalue weighted by molar-refractivity contribution is -0.115. The number of hydrogen-bond acceptors (Lipinski definition) is 5. The van der Waals surface area contributed by atoms with Crippen LogP contribution in [0.1, 0.15) is 6.92 Å². The van der Waals surface area contributed by atoms with Gasteiger partial charge in [-0.15, -0.1) is 10.2 Å². The maximum absolute atomic E-state index is 12.3. The van der Waals surface area contributed by atoms with Gasteiger partial charge in [0.2, 0.25) is 11.8 Å². The van der Waals surface area contributed by atoms with Gasteiger partial charge >= 0.3 is 0 Å². The SMILES string of the molecule is CC(Sc1nnc(-c2ccccc2)o1)C(=O)Nc1ccc(Cl)cc1Cl. The normalized spacial score (nSPS) is 12.0. The average Bonchev–Trinajstić information content (AvgIpc) is 3.06. The molecular formula is C17H13Cl2N3O2S. The highest BCUT2D eigenvalue weighted by Gasteiger charge is 2.19. The number of benzene rings is 2. The molecule has 0 aliphatic heterocycles. The highest BCUT2D eigenvalue weighted by atomic mass is 35.5. The molecule has 0 saturated carbocycles. The third-order valence-electron chi connectivity index (χ3n) is 3.26.